The quantitative estimate of drug-likeness (QED) is 0.130. The van der Waals surface area contributed by atoms with Gasteiger partial charge in [-0.15, -0.1) is 0 Å². The van der Waals surface area contributed by atoms with Gasteiger partial charge in [-0.1, -0.05) is 141 Å². The summed E-state index contributed by atoms with van der Waals surface area (Å²) in [6, 6.07) is 75.3. The smallest absolute Gasteiger partial charge is 0.164 e. The molecule has 0 bridgehead atoms. The lowest BCUT2D eigenvalue weighted by molar-refractivity contribution is 0.512. The summed E-state index contributed by atoms with van der Waals surface area (Å²) in [7, 11) is -3.03. The van der Waals surface area contributed by atoms with Crippen LogP contribution in [0.3, 0.4) is 0 Å². The number of benzene rings is 9. The van der Waals surface area contributed by atoms with Crippen LogP contribution in [0, 0.1) is 0 Å². The number of fused-ring (bicyclic) bond motifs is 9. The molecule has 0 unspecified atom stereocenters. The highest BCUT2D eigenvalue weighted by Crippen LogP contribution is 2.61. The Balaban J connectivity index is 1.07. The molecule has 2 aliphatic rings. The normalized spacial score (nSPS) is 15.5. The van der Waals surface area contributed by atoms with Crippen molar-refractivity contribution >= 4 is 95.5 Å². The molecule has 2 aliphatic carbocycles. The molecule has 0 aliphatic heterocycles. The molecule has 0 saturated heterocycles. The third-order valence-electron chi connectivity index (χ3n) is 18.9. The third kappa shape index (κ3) is 8.66. The van der Waals surface area contributed by atoms with Crippen molar-refractivity contribution < 1.29 is 0 Å². The molecule has 4 aromatic heterocycles. The largest absolute Gasteiger partial charge is 0.307 e. The van der Waals surface area contributed by atoms with Crippen LogP contribution in [0.25, 0.3) is 117 Å². The summed E-state index contributed by atoms with van der Waals surface area (Å²) in [5, 5.41) is 8.83. The zero-order valence-electron chi connectivity index (χ0n) is 48.8. The Kier molecular flexibility index (Phi) is 12.6. The highest BCUT2D eigenvalue weighted by Gasteiger charge is 2.33. The molecular weight excluding hydrogens is 1070 g/mol. The summed E-state index contributed by atoms with van der Waals surface area (Å²) in [5.74, 6) is 1.95. The van der Waals surface area contributed by atoms with E-state index < -0.39 is 30.1 Å². The van der Waals surface area contributed by atoms with E-state index in [2.05, 4.69) is 258 Å². The predicted molar refractivity (Wildman–Crippen MR) is 363 cm³/mol. The maximum Gasteiger partial charge on any atom is 0.164 e. The Hall–Kier alpha value is -7.56. The molecule has 2 fully saturated rings. The minimum Gasteiger partial charge on any atom is -0.307 e. The minimum absolute atomic E-state index is 0.624. The number of rotatable bonds is 11. The van der Waals surface area contributed by atoms with Crippen LogP contribution >= 0.6 is 30.1 Å². The molecule has 4 heterocycles. The van der Waals surface area contributed by atoms with Gasteiger partial charge in [0.1, 0.15) is 0 Å². The van der Waals surface area contributed by atoms with Gasteiger partial charge in [-0.05, 0) is 180 Å². The standard InChI is InChI=1S/C74H72N6S3/c1-81(2,3)52-40-36-49(37-41-52)72-75-73(50-38-42-55(43-39-50)82(4,5)53-22-9-8-10-23-53)77-74(76-72)51-46-69(78-63-31-16-11-26-57(63)58-27-12-17-32-64(58)78)71(80-66-34-19-13-28-59(66)60-29-14-20-35-67(60)80)70(47-51)79-65-33-18-15-30-61(65)62-48-56(44-45-68(62)79)83(6,7)54-24-21-25-54/h11-20,26-48,53-54H,8-10,21-25H2,1-7H3. The van der Waals surface area contributed by atoms with Crippen LogP contribution in [0.15, 0.2) is 215 Å². The number of para-hydroxylation sites is 5. The van der Waals surface area contributed by atoms with Crippen molar-refractivity contribution in [3.8, 4) is 51.2 Å². The number of hydrogen-bond donors (Lipinski definition) is 0. The van der Waals surface area contributed by atoms with Crippen LogP contribution in [0.5, 0.6) is 0 Å². The first-order valence-electron chi connectivity index (χ1n) is 29.6. The fourth-order valence-electron chi connectivity index (χ4n) is 13.9. The number of aromatic nitrogens is 6. The molecular formula is C74H72N6S3. The molecule has 0 spiro atoms. The first-order valence-corrected chi connectivity index (χ1v) is 37.5. The van der Waals surface area contributed by atoms with Crippen molar-refractivity contribution in [2.75, 3.05) is 43.8 Å². The van der Waals surface area contributed by atoms with Crippen LogP contribution in [-0.4, -0.2) is 82.9 Å². The molecule has 83 heavy (non-hydrogen) atoms. The Morgan fingerprint density at radius 2 is 0.663 bits per heavy atom. The monoisotopic (exact) mass is 1140 g/mol. The molecule has 0 radical (unpaired) electrons. The SMILES string of the molecule is CS(C)(C)c1ccc(-c2nc(-c3ccc(S(C)(C)C4CCCCC4)cc3)nc(-c3cc(-n4c5ccccc5c5ccccc54)c(-n4c5ccccc5c5ccccc54)c(-n4c5ccccc5c5cc(S(C)(C)C6CCC6)ccc54)c3)n2)cc1. The first kappa shape index (κ1) is 52.3. The fraction of sp³-hybridized carbons (Fsp3) is 0.230. The van der Waals surface area contributed by atoms with Gasteiger partial charge in [0, 0.05) is 49.0 Å². The van der Waals surface area contributed by atoms with Crippen molar-refractivity contribution in [1.82, 2.24) is 28.7 Å². The summed E-state index contributed by atoms with van der Waals surface area (Å²) < 4.78 is 7.62. The molecule has 0 N–H and O–H groups in total. The summed E-state index contributed by atoms with van der Waals surface area (Å²) in [6.45, 7) is 0. The molecule has 15 rings (SSSR count). The second-order valence-electron chi connectivity index (χ2n) is 25.0. The second kappa shape index (κ2) is 20.1. The van der Waals surface area contributed by atoms with Crippen molar-refractivity contribution in [2.24, 2.45) is 0 Å². The lowest BCUT2D eigenvalue weighted by Crippen LogP contribution is -2.24. The van der Waals surface area contributed by atoms with Gasteiger partial charge in [-0.25, -0.2) is 45.0 Å². The van der Waals surface area contributed by atoms with Crippen molar-refractivity contribution in [1.29, 1.82) is 0 Å². The van der Waals surface area contributed by atoms with Crippen molar-refractivity contribution in [3.05, 3.63) is 200 Å². The lowest BCUT2D eigenvalue weighted by atomic mass is 10.00. The van der Waals surface area contributed by atoms with E-state index in [9.17, 15) is 0 Å². The Morgan fingerprint density at radius 1 is 0.313 bits per heavy atom. The zero-order chi connectivity index (χ0) is 56.4. The first-order chi connectivity index (χ1) is 40.3. The van der Waals surface area contributed by atoms with Crippen LogP contribution in [-0.2, 0) is 0 Å². The summed E-state index contributed by atoms with van der Waals surface area (Å²) in [5.41, 5.74) is 12.8. The number of nitrogens with zero attached hydrogens (tertiary/aromatic N) is 6. The molecule has 416 valence electrons. The second-order valence-corrected chi connectivity index (χ2v) is 37.0. The van der Waals surface area contributed by atoms with Crippen LogP contribution in [0.1, 0.15) is 51.4 Å². The summed E-state index contributed by atoms with van der Waals surface area (Å²) in [6.07, 6.45) is 27.9. The van der Waals surface area contributed by atoms with Gasteiger partial charge in [0.15, 0.2) is 17.5 Å². The van der Waals surface area contributed by atoms with E-state index in [1.54, 1.807) is 0 Å². The van der Waals surface area contributed by atoms with Crippen LogP contribution in [0.2, 0.25) is 0 Å². The van der Waals surface area contributed by atoms with E-state index in [0.29, 0.717) is 17.5 Å². The lowest BCUT2D eigenvalue weighted by Gasteiger charge is -2.45. The highest BCUT2D eigenvalue weighted by molar-refractivity contribution is 8.33. The van der Waals surface area contributed by atoms with Gasteiger partial charge in [0.05, 0.1) is 50.2 Å². The Bertz CT molecular complexity index is 4570. The molecule has 13 aromatic rings. The fourth-order valence-corrected chi connectivity index (χ4v) is 20.3. The number of hydrogen-bond acceptors (Lipinski definition) is 3. The molecule has 9 aromatic carbocycles. The van der Waals surface area contributed by atoms with Crippen molar-refractivity contribution in [2.45, 2.75) is 76.6 Å². The van der Waals surface area contributed by atoms with Crippen molar-refractivity contribution in [3.63, 3.8) is 0 Å². The molecule has 0 amide bonds. The van der Waals surface area contributed by atoms with E-state index >= 15 is 0 Å². The Labute approximate surface area is 492 Å². The van der Waals surface area contributed by atoms with Crippen LogP contribution in [0.4, 0.5) is 0 Å². The van der Waals surface area contributed by atoms with E-state index in [-0.39, 0.29) is 0 Å². The average Bonchev–Trinajstić information content (AvgIpc) is 2.58. The molecule has 6 nitrogen and oxygen atoms in total. The Morgan fingerprint density at radius 3 is 1.08 bits per heavy atom. The van der Waals surface area contributed by atoms with Gasteiger partial charge in [0.25, 0.3) is 0 Å². The van der Waals surface area contributed by atoms with Gasteiger partial charge >= 0.3 is 0 Å². The van der Waals surface area contributed by atoms with Gasteiger partial charge in [-0.3, -0.25) is 0 Å². The van der Waals surface area contributed by atoms with Crippen LogP contribution < -0.4 is 0 Å². The average molecular weight is 1140 g/mol. The minimum atomic E-state index is -1.05. The van der Waals surface area contributed by atoms with E-state index in [0.717, 1.165) is 71.8 Å². The van der Waals surface area contributed by atoms with Gasteiger partial charge in [0.2, 0.25) is 0 Å². The zero-order valence-corrected chi connectivity index (χ0v) is 51.2. The van der Waals surface area contributed by atoms with E-state index in [1.807, 2.05) is 0 Å². The third-order valence-corrected chi connectivity index (χ3v) is 27.8. The van der Waals surface area contributed by atoms with E-state index in [1.165, 1.54) is 104 Å². The topological polar surface area (TPSA) is 53.5 Å². The summed E-state index contributed by atoms with van der Waals surface area (Å²) >= 11 is 0. The van der Waals surface area contributed by atoms with E-state index in [4.69, 9.17) is 15.0 Å². The molecule has 0 atom stereocenters. The molecule has 2 saturated carbocycles. The maximum absolute atomic E-state index is 5.66. The molecule has 9 heteroatoms. The summed E-state index contributed by atoms with van der Waals surface area (Å²) in [4.78, 5) is 21.0. The van der Waals surface area contributed by atoms with Gasteiger partial charge in [-0.2, -0.15) is 0 Å². The van der Waals surface area contributed by atoms with Gasteiger partial charge < -0.3 is 13.7 Å². The maximum atomic E-state index is 5.66. The predicted octanol–water partition coefficient (Wildman–Crippen LogP) is 19.9. The highest BCUT2D eigenvalue weighted by atomic mass is 32.3.